The van der Waals surface area contributed by atoms with Gasteiger partial charge in [-0.15, -0.1) is 0 Å². The Morgan fingerprint density at radius 3 is 2.76 bits per heavy atom. The number of ether oxygens (including phenoxy) is 1. The van der Waals surface area contributed by atoms with Crippen molar-refractivity contribution >= 4 is 5.91 Å². The number of hydrogen-bond acceptors (Lipinski definition) is 5. The molecule has 0 bridgehead atoms. The Kier molecular flexibility index (Phi) is 4.11. The van der Waals surface area contributed by atoms with Crippen LogP contribution in [-0.4, -0.2) is 40.9 Å². The van der Waals surface area contributed by atoms with E-state index in [0.717, 1.165) is 22.6 Å². The molecule has 2 atom stereocenters. The summed E-state index contributed by atoms with van der Waals surface area (Å²) in [4.78, 5) is 28.2. The molecule has 0 aliphatic heterocycles. The van der Waals surface area contributed by atoms with E-state index in [9.17, 15) is 14.9 Å². The van der Waals surface area contributed by atoms with E-state index < -0.39 is 12.0 Å². The molecule has 1 heterocycles. The fraction of sp³-hybridized carbons (Fsp3) is 0.571. The summed E-state index contributed by atoms with van der Waals surface area (Å²) in [6.07, 6.45) is 2.04. The predicted octanol–water partition coefficient (Wildman–Crippen LogP) is 1.33. The molecule has 2 rings (SSSR count). The van der Waals surface area contributed by atoms with Gasteiger partial charge in [0.25, 0.3) is 0 Å². The first-order valence-electron chi connectivity index (χ1n) is 6.74. The summed E-state index contributed by atoms with van der Waals surface area (Å²) in [7, 11) is 3.24. The van der Waals surface area contributed by atoms with Crippen molar-refractivity contribution in [2.75, 3.05) is 14.2 Å². The second kappa shape index (κ2) is 5.67. The van der Waals surface area contributed by atoms with Crippen LogP contribution in [-0.2, 0) is 11.3 Å². The molecule has 1 aliphatic carbocycles. The first kappa shape index (κ1) is 15.2. The molecule has 0 unspecified atom stereocenters. The zero-order valence-electron chi connectivity index (χ0n) is 12.6. The van der Waals surface area contributed by atoms with Gasteiger partial charge < -0.3 is 9.64 Å². The standard InChI is InChI=1S/C14H19N3O4/c1-8-6-15-11(9(2)13(8)21-4)7-16(3)14(18)10-5-12(10)17(19)20/h6,10,12H,5,7H2,1-4H3/t10-,12-/m0/s1. The fourth-order valence-electron chi connectivity index (χ4n) is 2.50. The second-order valence-electron chi connectivity index (χ2n) is 5.44. The van der Waals surface area contributed by atoms with Gasteiger partial charge in [-0.1, -0.05) is 0 Å². The van der Waals surface area contributed by atoms with Gasteiger partial charge in [0, 0.05) is 35.7 Å². The number of aryl methyl sites for hydroxylation is 1. The van der Waals surface area contributed by atoms with Crippen molar-refractivity contribution in [3.8, 4) is 5.75 Å². The van der Waals surface area contributed by atoms with Gasteiger partial charge in [0.1, 0.15) is 11.7 Å². The van der Waals surface area contributed by atoms with Gasteiger partial charge in [0.15, 0.2) is 0 Å². The number of carbonyl (C=O) groups excluding carboxylic acids is 1. The lowest BCUT2D eigenvalue weighted by molar-refractivity contribution is -0.497. The average molecular weight is 293 g/mol. The van der Waals surface area contributed by atoms with E-state index in [-0.39, 0.29) is 10.8 Å². The number of rotatable bonds is 5. The molecule has 1 fully saturated rings. The van der Waals surface area contributed by atoms with Gasteiger partial charge in [-0.25, -0.2) is 0 Å². The lowest BCUT2D eigenvalue weighted by atomic mass is 10.1. The number of hydrogen-bond donors (Lipinski definition) is 0. The quantitative estimate of drug-likeness (QED) is 0.604. The average Bonchev–Trinajstić information content (AvgIpc) is 3.22. The molecule has 1 saturated carbocycles. The molecule has 7 nitrogen and oxygen atoms in total. The van der Waals surface area contributed by atoms with E-state index in [2.05, 4.69) is 4.98 Å². The highest BCUT2D eigenvalue weighted by Gasteiger charge is 2.54. The molecule has 0 N–H and O–H groups in total. The molecule has 0 spiro atoms. The van der Waals surface area contributed by atoms with Crippen molar-refractivity contribution in [1.82, 2.24) is 9.88 Å². The van der Waals surface area contributed by atoms with Gasteiger partial charge in [-0.3, -0.25) is 19.9 Å². The topological polar surface area (TPSA) is 85.6 Å². The van der Waals surface area contributed by atoms with Crippen molar-refractivity contribution in [2.45, 2.75) is 32.9 Å². The molecule has 0 aromatic carbocycles. The van der Waals surface area contributed by atoms with Crippen molar-refractivity contribution in [3.05, 3.63) is 33.1 Å². The number of aromatic nitrogens is 1. The lowest BCUT2D eigenvalue weighted by Gasteiger charge is -2.19. The molecule has 1 aliphatic rings. The SMILES string of the molecule is COc1c(C)cnc(CN(C)C(=O)[C@H]2C[C@@H]2[N+](=O)[O-])c1C. The van der Waals surface area contributed by atoms with Gasteiger partial charge in [0.05, 0.1) is 19.3 Å². The van der Waals surface area contributed by atoms with Crippen LogP contribution in [0.1, 0.15) is 23.2 Å². The monoisotopic (exact) mass is 293 g/mol. The molecule has 114 valence electrons. The van der Waals surface area contributed by atoms with E-state index in [1.807, 2.05) is 13.8 Å². The zero-order valence-corrected chi connectivity index (χ0v) is 12.6. The maximum atomic E-state index is 12.1. The van der Waals surface area contributed by atoms with Crippen LogP contribution in [0.4, 0.5) is 0 Å². The largest absolute Gasteiger partial charge is 0.496 e. The Morgan fingerprint density at radius 2 is 2.24 bits per heavy atom. The number of amides is 1. The van der Waals surface area contributed by atoms with E-state index in [1.54, 1.807) is 20.4 Å². The summed E-state index contributed by atoms with van der Waals surface area (Å²) in [5.74, 6) is 0.0746. The minimum Gasteiger partial charge on any atom is -0.496 e. The van der Waals surface area contributed by atoms with Crippen LogP contribution < -0.4 is 4.74 Å². The summed E-state index contributed by atoms with van der Waals surface area (Å²) in [5, 5.41) is 10.6. The first-order chi connectivity index (χ1) is 9.86. The third-order valence-electron chi connectivity index (χ3n) is 3.86. The van der Waals surface area contributed by atoms with Crippen molar-refractivity contribution in [1.29, 1.82) is 0 Å². The van der Waals surface area contributed by atoms with E-state index in [0.29, 0.717) is 13.0 Å². The second-order valence-corrected chi connectivity index (χ2v) is 5.44. The third-order valence-corrected chi connectivity index (χ3v) is 3.86. The van der Waals surface area contributed by atoms with Crippen LogP contribution in [0, 0.1) is 29.9 Å². The Labute approximate surface area is 123 Å². The minimum atomic E-state index is -0.721. The van der Waals surface area contributed by atoms with E-state index in [1.165, 1.54) is 4.90 Å². The third kappa shape index (κ3) is 2.96. The Bertz CT molecular complexity index is 588. The van der Waals surface area contributed by atoms with Crippen LogP contribution in [0.3, 0.4) is 0 Å². The molecule has 1 aromatic rings. The van der Waals surface area contributed by atoms with Crippen LogP contribution in [0.25, 0.3) is 0 Å². The van der Waals surface area contributed by atoms with Gasteiger partial charge in [-0.05, 0) is 13.8 Å². The number of methoxy groups -OCH3 is 1. The summed E-state index contributed by atoms with van der Waals surface area (Å²) >= 11 is 0. The van der Waals surface area contributed by atoms with Crippen molar-refractivity contribution < 1.29 is 14.5 Å². The highest BCUT2D eigenvalue weighted by molar-refractivity contribution is 5.81. The number of nitrogens with zero attached hydrogens (tertiary/aromatic N) is 3. The summed E-state index contributed by atoms with van der Waals surface area (Å²) in [6, 6.07) is -0.721. The molecule has 7 heteroatoms. The van der Waals surface area contributed by atoms with Crippen molar-refractivity contribution in [2.24, 2.45) is 5.92 Å². The number of nitro groups is 1. The lowest BCUT2D eigenvalue weighted by Crippen LogP contribution is -2.30. The molecular formula is C14H19N3O4. The number of carbonyl (C=O) groups is 1. The maximum absolute atomic E-state index is 12.1. The summed E-state index contributed by atoms with van der Waals surface area (Å²) in [6.45, 7) is 4.12. The highest BCUT2D eigenvalue weighted by atomic mass is 16.6. The van der Waals surface area contributed by atoms with Gasteiger partial charge in [0.2, 0.25) is 11.9 Å². The Hall–Kier alpha value is -2.18. The Balaban J connectivity index is 2.08. The van der Waals surface area contributed by atoms with Gasteiger partial charge >= 0.3 is 0 Å². The van der Waals surface area contributed by atoms with Crippen LogP contribution in [0.15, 0.2) is 6.20 Å². The fourth-order valence-corrected chi connectivity index (χ4v) is 2.50. The van der Waals surface area contributed by atoms with Crippen molar-refractivity contribution in [3.63, 3.8) is 0 Å². The molecule has 0 saturated heterocycles. The molecule has 0 radical (unpaired) electrons. The molecule has 21 heavy (non-hydrogen) atoms. The maximum Gasteiger partial charge on any atom is 0.233 e. The van der Waals surface area contributed by atoms with Gasteiger partial charge in [-0.2, -0.15) is 0 Å². The summed E-state index contributed by atoms with van der Waals surface area (Å²) < 4.78 is 5.33. The predicted molar refractivity (Wildman–Crippen MR) is 75.6 cm³/mol. The van der Waals surface area contributed by atoms with E-state index >= 15 is 0 Å². The summed E-state index contributed by atoms with van der Waals surface area (Å²) in [5.41, 5.74) is 2.56. The smallest absolute Gasteiger partial charge is 0.233 e. The zero-order chi connectivity index (χ0) is 15.7. The molecule has 1 amide bonds. The van der Waals surface area contributed by atoms with E-state index in [4.69, 9.17) is 4.74 Å². The van der Waals surface area contributed by atoms with Crippen LogP contribution in [0.2, 0.25) is 0 Å². The minimum absolute atomic E-state index is 0.197. The van der Waals surface area contributed by atoms with Crippen LogP contribution in [0.5, 0.6) is 5.75 Å². The number of pyridine rings is 1. The first-order valence-corrected chi connectivity index (χ1v) is 6.74. The highest BCUT2D eigenvalue weighted by Crippen LogP contribution is 2.35. The molecular weight excluding hydrogens is 274 g/mol. The Morgan fingerprint density at radius 1 is 1.57 bits per heavy atom. The normalized spacial score (nSPS) is 20.0. The van der Waals surface area contributed by atoms with Crippen LogP contribution >= 0.6 is 0 Å². The molecule has 1 aromatic heterocycles.